The normalized spacial score (nSPS) is 19.6. The minimum Gasteiger partial charge on any atom is -0.464 e. The number of carbonyl (C=O) groups is 1. The Morgan fingerprint density at radius 3 is 2.88 bits per heavy atom. The molecule has 3 heteroatoms. The van der Waals surface area contributed by atoms with E-state index in [1.165, 1.54) is 5.56 Å². The van der Waals surface area contributed by atoms with Crippen LogP contribution >= 0.6 is 0 Å². The first-order valence-corrected chi connectivity index (χ1v) is 5.80. The SMILES string of the molecule is O=C(OCCc1ccccc1)[C@@H]1CCCN1. The third-order valence-corrected chi connectivity index (χ3v) is 2.82. The fourth-order valence-electron chi connectivity index (χ4n) is 1.90. The van der Waals surface area contributed by atoms with Crippen molar-refractivity contribution in [2.45, 2.75) is 25.3 Å². The summed E-state index contributed by atoms with van der Waals surface area (Å²) in [6, 6.07) is 9.99. The average Bonchev–Trinajstić information content (AvgIpc) is 2.84. The smallest absolute Gasteiger partial charge is 0.323 e. The van der Waals surface area contributed by atoms with E-state index < -0.39 is 0 Å². The van der Waals surface area contributed by atoms with E-state index in [1.54, 1.807) is 0 Å². The second kappa shape index (κ2) is 5.66. The summed E-state index contributed by atoms with van der Waals surface area (Å²) >= 11 is 0. The first-order valence-electron chi connectivity index (χ1n) is 5.80. The lowest BCUT2D eigenvalue weighted by Gasteiger charge is -2.10. The fourth-order valence-corrected chi connectivity index (χ4v) is 1.90. The summed E-state index contributed by atoms with van der Waals surface area (Å²) in [6.07, 6.45) is 2.77. The largest absolute Gasteiger partial charge is 0.464 e. The molecule has 0 amide bonds. The van der Waals surface area contributed by atoms with E-state index in [0.29, 0.717) is 6.61 Å². The molecule has 1 saturated heterocycles. The monoisotopic (exact) mass is 219 g/mol. The van der Waals surface area contributed by atoms with Gasteiger partial charge in [-0.1, -0.05) is 30.3 Å². The van der Waals surface area contributed by atoms with E-state index in [2.05, 4.69) is 5.32 Å². The molecule has 1 fully saturated rings. The second-order valence-electron chi connectivity index (χ2n) is 4.05. The number of benzene rings is 1. The lowest BCUT2D eigenvalue weighted by Crippen LogP contribution is -2.32. The Labute approximate surface area is 95.8 Å². The highest BCUT2D eigenvalue weighted by molar-refractivity contribution is 5.76. The van der Waals surface area contributed by atoms with Gasteiger partial charge in [0.15, 0.2) is 0 Å². The molecular weight excluding hydrogens is 202 g/mol. The Morgan fingerprint density at radius 2 is 2.19 bits per heavy atom. The maximum atomic E-state index is 11.6. The summed E-state index contributed by atoms with van der Waals surface area (Å²) in [6.45, 7) is 1.40. The highest BCUT2D eigenvalue weighted by atomic mass is 16.5. The zero-order chi connectivity index (χ0) is 11.2. The molecule has 0 aliphatic carbocycles. The molecule has 2 rings (SSSR count). The molecule has 0 saturated carbocycles. The van der Waals surface area contributed by atoms with Crippen molar-refractivity contribution < 1.29 is 9.53 Å². The molecule has 1 aromatic carbocycles. The summed E-state index contributed by atoms with van der Waals surface area (Å²) < 4.78 is 5.23. The number of esters is 1. The molecule has 1 aromatic rings. The maximum Gasteiger partial charge on any atom is 0.323 e. The quantitative estimate of drug-likeness (QED) is 0.780. The van der Waals surface area contributed by atoms with Gasteiger partial charge in [-0.3, -0.25) is 4.79 Å². The van der Waals surface area contributed by atoms with E-state index in [9.17, 15) is 4.79 Å². The van der Waals surface area contributed by atoms with Crippen LogP contribution in [0, 0.1) is 0 Å². The van der Waals surface area contributed by atoms with Crippen LogP contribution in [0.25, 0.3) is 0 Å². The minimum absolute atomic E-state index is 0.0734. The minimum atomic E-state index is -0.103. The predicted molar refractivity (Wildman–Crippen MR) is 62.1 cm³/mol. The first-order chi connectivity index (χ1) is 7.86. The van der Waals surface area contributed by atoms with Gasteiger partial charge in [0, 0.05) is 6.42 Å². The van der Waals surface area contributed by atoms with Gasteiger partial charge in [0.1, 0.15) is 6.04 Å². The van der Waals surface area contributed by atoms with Crippen LogP contribution in [0.5, 0.6) is 0 Å². The van der Waals surface area contributed by atoms with Gasteiger partial charge in [0.2, 0.25) is 0 Å². The molecule has 0 bridgehead atoms. The summed E-state index contributed by atoms with van der Waals surface area (Å²) in [4.78, 5) is 11.6. The molecule has 0 spiro atoms. The van der Waals surface area contributed by atoms with Crippen LogP contribution in [-0.2, 0) is 16.0 Å². The summed E-state index contributed by atoms with van der Waals surface area (Å²) in [5.74, 6) is -0.103. The zero-order valence-electron chi connectivity index (χ0n) is 9.32. The summed E-state index contributed by atoms with van der Waals surface area (Å²) in [7, 11) is 0. The Kier molecular flexibility index (Phi) is 3.94. The van der Waals surface area contributed by atoms with Gasteiger partial charge < -0.3 is 10.1 Å². The Morgan fingerprint density at radius 1 is 1.38 bits per heavy atom. The zero-order valence-corrected chi connectivity index (χ0v) is 9.32. The van der Waals surface area contributed by atoms with Gasteiger partial charge in [-0.25, -0.2) is 0 Å². The van der Waals surface area contributed by atoms with E-state index in [1.807, 2.05) is 30.3 Å². The van der Waals surface area contributed by atoms with Crippen LogP contribution in [0.1, 0.15) is 18.4 Å². The number of ether oxygens (including phenoxy) is 1. The number of carbonyl (C=O) groups excluding carboxylic acids is 1. The van der Waals surface area contributed by atoms with Gasteiger partial charge in [0.05, 0.1) is 6.61 Å². The van der Waals surface area contributed by atoms with Crippen LogP contribution in [-0.4, -0.2) is 25.2 Å². The molecule has 1 heterocycles. The van der Waals surface area contributed by atoms with Crippen molar-refractivity contribution in [3.05, 3.63) is 35.9 Å². The van der Waals surface area contributed by atoms with Crippen LogP contribution in [0.2, 0.25) is 0 Å². The van der Waals surface area contributed by atoms with Crippen LogP contribution in [0.4, 0.5) is 0 Å². The highest BCUT2D eigenvalue weighted by Crippen LogP contribution is 2.07. The summed E-state index contributed by atoms with van der Waals surface area (Å²) in [5.41, 5.74) is 1.20. The maximum absolute atomic E-state index is 11.6. The molecule has 0 radical (unpaired) electrons. The lowest BCUT2D eigenvalue weighted by atomic mass is 10.2. The topological polar surface area (TPSA) is 38.3 Å². The molecule has 16 heavy (non-hydrogen) atoms. The van der Waals surface area contributed by atoms with Crippen molar-refractivity contribution in [2.24, 2.45) is 0 Å². The van der Waals surface area contributed by atoms with Crippen molar-refractivity contribution in [3.63, 3.8) is 0 Å². The molecule has 1 aliphatic heterocycles. The van der Waals surface area contributed by atoms with E-state index >= 15 is 0 Å². The van der Waals surface area contributed by atoms with Crippen molar-refractivity contribution in [3.8, 4) is 0 Å². The molecular formula is C13H17NO2. The number of hydrogen-bond acceptors (Lipinski definition) is 3. The average molecular weight is 219 g/mol. The standard InChI is InChI=1S/C13H17NO2/c15-13(12-7-4-9-14-12)16-10-8-11-5-2-1-3-6-11/h1-3,5-6,12,14H,4,7-10H2/t12-/m0/s1. The highest BCUT2D eigenvalue weighted by Gasteiger charge is 2.22. The van der Waals surface area contributed by atoms with Crippen molar-refractivity contribution in [2.75, 3.05) is 13.2 Å². The number of nitrogens with one attached hydrogen (secondary N) is 1. The first kappa shape index (κ1) is 11.1. The third-order valence-electron chi connectivity index (χ3n) is 2.82. The molecule has 3 nitrogen and oxygen atoms in total. The third kappa shape index (κ3) is 3.07. The number of hydrogen-bond donors (Lipinski definition) is 1. The van der Waals surface area contributed by atoms with E-state index in [0.717, 1.165) is 25.8 Å². The van der Waals surface area contributed by atoms with Gasteiger partial charge in [-0.15, -0.1) is 0 Å². The Hall–Kier alpha value is -1.35. The molecule has 1 aliphatic rings. The van der Waals surface area contributed by atoms with E-state index in [4.69, 9.17) is 4.74 Å². The van der Waals surface area contributed by atoms with Gasteiger partial charge in [0.25, 0.3) is 0 Å². The Balaban J connectivity index is 1.70. The van der Waals surface area contributed by atoms with Crippen molar-refractivity contribution in [1.82, 2.24) is 5.32 Å². The molecule has 0 unspecified atom stereocenters. The Bertz CT molecular complexity index is 331. The van der Waals surface area contributed by atoms with Crippen LogP contribution < -0.4 is 5.32 Å². The van der Waals surface area contributed by atoms with Crippen LogP contribution in [0.3, 0.4) is 0 Å². The molecule has 0 aromatic heterocycles. The lowest BCUT2D eigenvalue weighted by molar-refractivity contribution is -0.145. The van der Waals surface area contributed by atoms with Crippen molar-refractivity contribution in [1.29, 1.82) is 0 Å². The summed E-state index contributed by atoms with van der Waals surface area (Å²) in [5, 5.41) is 3.13. The second-order valence-corrected chi connectivity index (χ2v) is 4.05. The fraction of sp³-hybridized carbons (Fsp3) is 0.462. The molecule has 86 valence electrons. The molecule has 1 atom stereocenters. The van der Waals surface area contributed by atoms with Crippen LogP contribution in [0.15, 0.2) is 30.3 Å². The van der Waals surface area contributed by atoms with Gasteiger partial charge >= 0.3 is 5.97 Å². The van der Waals surface area contributed by atoms with Gasteiger partial charge in [-0.2, -0.15) is 0 Å². The molecule has 1 N–H and O–H groups in total. The van der Waals surface area contributed by atoms with E-state index in [-0.39, 0.29) is 12.0 Å². The van der Waals surface area contributed by atoms with Gasteiger partial charge in [-0.05, 0) is 24.9 Å². The number of rotatable bonds is 4. The predicted octanol–water partition coefficient (Wildman–Crippen LogP) is 1.52. The van der Waals surface area contributed by atoms with Crippen molar-refractivity contribution >= 4 is 5.97 Å².